The van der Waals surface area contributed by atoms with Gasteiger partial charge in [-0.3, -0.25) is 0 Å². The highest BCUT2D eigenvalue weighted by atomic mass is 16.5. The van der Waals surface area contributed by atoms with Crippen molar-refractivity contribution in [3.8, 4) is 0 Å². The molecule has 0 aromatic carbocycles. The van der Waals surface area contributed by atoms with Gasteiger partial charge in [0.2, 0.25) is 5.89 Å². The zero-order chi connectivity index (χ0) is 11.4. The second kappa shape index (κ2) is 5.43. The number of hydrogen-bond donors (Lipinski definition) is 1. The van der Waals surface area contributed by atoms with Gasteiger partial charge < -0.3 is 10.3 Å². The quantitative estimate of drug-likeness (QED) is 0.799. The van der Waals surface area contributed by atoms with Gasteiger partial charge in [-0.15, -0.1) is 0 Å². The monoisotopic (exact) mass is 223 g/mol. The molecule has 1 saturated carbocycles. The Labute approximate surface area is 96.6 Å². The molecule has 1 aromatic heterocycles. The molecule has 1 unspecified atom stereocenters. The molecule has 4 heteroatoms. The molecule has 0 aliphatic heterocycles. The maximum atomic E-state index is 5.72. The van der Waals surface area contributed by atoms with Crippen molar-refractivity contribution < 1.29 is 4.52 Å². The van der Waals surface area contributed by atoms with Gasteiger partial charge in [-0.2, -0.15) is 4.98 Å². The number of nitrogens with zero attached hydrogens (tertiary/aromatic N) is 2. The van der Waals surface area contributed by atoms with E-state index in [1.54, 1.807) is 0 Å². The van der Waals surface area contributed by atoms with Crippen LogP contribution < -0.4 is 5.73 Å². The normalized spacial score (nSPS) is 20.6. The molecule has 1 aliphatic carbocycles. The molecule has 0 bridgehead atoms. The van der Waals surface area contributed by atoms with Crippen LogP contribution in [0, 0.1) is 0 Å². The Morgan fingerprint density at radius 2 is 2.00 bits per heavy atom. The van der Waals surface area contributed by atoms with Crippen molar-refractivity contribution in [1.29, 1.82) is 0 Å². The van der Waals surface area contributed by atoms with Gasteiger partial charge in [0.05, 0.1) is 0 Å². The molecule has 1 fully saturated rings. The molecule has 0 radical (unpaired) electrons. The Hall–Kier alpha value is -0.900. The number of aromatic nitrogens is 2. The zero-order valence-corrected chi connectivity index (χ0v) is 9.98. The lowest BCUT2D eigenvalue weighted by Gasteiger charge is -2.07. The molecule has 4 nitrogen and oxygen atoms in total. The van der Waals surface area contributed by atoms with Crippen LogP contribution in [0.3, 0.4) is 0 Å². The summed E-state index contributed by atoms with van der Waals surface area (Å²) >= 11 is 0. The Morgan fingerprint density at radius 3 is 2.62 bits per heavy atom. The minimum Gasteiger partial charge on any atom is -0.339 e. The van der Waals surface area contributed by atoms with E-state index in [4.69, 9.17) is 10.3 Å². The number of hydrogen-bond acceptors (Lipinski definition) is 4. The average Bonchev–Trinajstić information content (AvgIpc) is 2.53. The van der Waals surface area contributed by atoms with Crippen LogP contribution in [0.1, 0.15) is 63.1 Å². The zero-order valence-electron chi connectivity index (χ0n) is 9.98. The van der Waals surface area contributed by atoms with Crippen LogP contribution in [0.4, 0.5) is 0 Å². The number of nitrogens with two attached hydrogens (primary N) is 1. The van der Waals surface area contributed by atoms with Crippen LogP contribution in [-0.4, -0.2) is 16.2 Å². The van der Waals surface area contributed by atoms with E-state index < -0.39 is 0 Å². The molecule has 90 valence electrons. The van der Waals surface area contributed by atoms with E-state index in [9.17, 15) is 0 Å². The molecule has 0 spiro atoms. The first kappa shape index (κ1) is 11.6. The minimum atomic E-state index is 0.0968. The van der Waals surface area contributed by atoms with Crippen molar-refractivity contribution in [1.82, 2.24) is 10.1 Å². The molecule has 1 aromatic rings. The van der Waals surface area contributed by atoms with E-state index in [1.165, 1.54) is 38.5 Å². The highest BCUT2D eigenvalue weighted by Gasteiger charge is 2.20. The maximum Gasteiger partial charge on any atom is 0.229 e. The third-order valence-electron chi connectivity index (χ3n) is 3.19. The van der Waals surface area contributed by atoms with Gasteiger partial charge in [0.1, 0.15) is 0 Å². The summed E-state index contributed by atoms with van der Waals surface area (Å²) in [5.41, 5.74) is 5.72. The van der Waals surface area contributed by atoms with Crippen molar-refractivity contribution in [2.75, 3.05) is 0 Å². The highest BCUT2D eigenvalue weighted by Crippen LogP contribution is 2.30. The third-order valence-corrected chi connectivity index (χ3v) is 3.19. The first-order valence-electron chi connectivity index (χ1n) is 6.34. The largest absolute Gasteiger partial charge is 0.339 e. The summed E-state index contributed by atoms with van der Waals surface area (Å²) in [6.07, 6.45) is 8.36. The molecule has 0 amide bonds. The van der Waals surface area contributed by atoms with Gasteiger partial charge in [0, 0.05) is 18.4 Å². The molecule has 2 rings (SSSR count). The molecule has 16 heavy (non-hydrogen) atoms. The summed E-state index contributed by atoms with van der Waals surface area (Å²) < 4.78 is 5.34. The topological polar surface area (TPSA) is 64.9 Å². The van der Waals surface area contributed by atoms with Crippen LogP contribution in [-0.2, 0) is 6.42 Å². The Morgan fingerprint density at radius 1 is 1.31 bits per heavy atom. The SMILES string of the molecule is CC(N)Cc1noc(C2CCCCCC2)n1. The van der Waals surface area contributed by atoms with E-state index in [0.29, 0.717) is 12.3 Å². The molecular formula is C12H21N3O. The van der Waals surface area contributed by atoms with Gasteiger partial charge in [-0.1, -0.05) is 30.8 Å². The molecule has 1 aliphatic rings. The van der Waals surface area contributed by atoms with Crippen LogP contribution in [0.15, 0.2) is 4.52 Å². The fourth-order valence-corrected chi connectivity index (χ4v) is 2.33. The second-order valence-corrected chi connectivity index (χ2v) is 4.92. The summed E-state index contributed by atoms with van der Waals surface area (Å²) in [5, 5.41) is 4.00. The van der Waals surface area contributed by atoms with Crippen LogP contribution >= 0.6 is 0 Å². The van der Waals surface area contributed by atoms with Gasteiger partial charge in [0.25, 0.3) is 0 Å². The first-order chi connectivity index (χ1) is 7.75. The Kier molecular flexibility index (Phi) is 3.93. The summed E-state index contributed by atoms with van der Waals surface area (Å²) in [6, 6.07) is 0.0968. The fraction of sp³-hybridized carbons (Fsp3) is 0.833. The van der Waals surface area contributed by atoms with Crippen LogP contribution in [0.25, 0.3) is 0 Å². The van der Waals surface area contributed by atoms with Crippen molar-refractivity contribution in [2.45, 2.75) is 63.8 Å². The second-order valence-electron chi connectivity index (χ2n) is 4.92. The van der Waals surface area contributed by atoms with Crippen molar-refractivity contribution in [3.05, 3.63) is 11.7 Å². The van der Waals surface area contributed by atoms with E-state index in [2.05, 4.69) is 10.1 Å². The van der Waals surface area contributed by atoms with Gasteiger partial charge in [-0.25, -0.2) is 0 Å². The summed E-state index contributed by atoms with van der Waals surface area (Å²) in [7, 11) is 0. The smallest absolute Gasteiger partial charge is 0.229 e. The predicted octanol–water partition coefficient (Wildman–Crippen LogP) is 2.40. The lowest BCUT2D eigenvalue weighted by Crippen LogP contribution is -2.18. The summed E-state index contributed by atoms with van der Waals surface area (Å²) in [4.78, 5) is 4.46. The third kappa shape index (κ3) is 3.04. The maximum absolute atomic E-state index is 5.72. The minimum absolute atomic E-state index is 0.0968. The Balaban J connectivity index is 1.99. The molecule has 0 saturated heterocycles. The lowest BCUT2D eigenvalue weighted by molar-refractivity contribution is 0.337. The van der Waals surface area contributed by atoms with E-state index >= 15 is 0 Å². The number of rotatable bonds is 3. The van der Waals surface area contributed by atoms with Gasteiger partial charge >= 0.3 is 0 Å². The van der Waals surface area contributed by atoms with Crippen molar-refractivity contribution >= 4 is 0 Å². The molecule has 1 atom stereocenters. The fourth-order valence-electron chi connectivity index (χ4n) is 2.33. The highest BCUT2D eigenvalue weighted by molar-refractivity contribution is 4.96. The van der Waals surface area contributed by atoms with Crippen molar-refractivity contribution in [2.24, 2.45) is 5.73 Å². The van der Waals surface area contributed by atoms with E-state index in [0.717, 1.165) is 11.7 Å². The van der Waals surface area contributed by atoms with Crippen LogP contribution in [0.5, 0.6) is 0 Å². The first-order valence-corrected chi connectivity index (χ1v) is 6.34. The molecule has 2 N–H and O–H groups in total. The summed E-state index contributed by atoms with van der Waals surface area (Å²) in [6.45, 7) is 1.96. The van der Waals surface area contributed by atoms with Gasteiger partial charge in [-0.05, 0) is 19.8 Å². The standard InChI is InChI=1S/C12H21N3O/c1-9(13)8-11-14-12(16-15-11)10-6-4-2-3-5-7-10/h9-10H,2-8,13H2,1H3. The predicted molar refractivity (Wildman–Crippen MR) is 62.1 cm³/mol. The van der Waals surface area contributed by atoms with Crippen molar-refractivity contribution in [3.63, 3.8) is 0 Å². The summed E-state index contributed by atoms with van der Waals surface area (Å²) in [5.74, 6) is 2.07. The van der Waals surface area contributed by atoms with E-state index in [-0.39, 0.29) is 6.04 Å². The molecular weight excluding hydrogens is 202 g/mol. The van der Waals surface area contributed by atoms with E-state index in [1.807, 2.05) is 6.92 Å². The average molecular weight is 223 g/mol. The van der Waals surface area contributed by atoms with Crippen LogP contribution in [0.2, 0.25) is 0 Å². The Bertz CT molecular complexity index is 314. The lowest BCUT2D eigenvalue weighted by atomic mass is 10.0. The molecule has 1 heterocycles. The van der Waals surface area contributed by atoms with Gasteiger partial charge in [0.15, 0.2) is 5.82 Å².